The van der Waals surface area contributed by atoms with E-state index in [4.69, 9.17) is 46.4 Å². The Morgan fingerprint density at radius 2 is 0.953 bits per heavy atom. The first-order valence-electron chi connectivity index (χ1n) is 19.4. The van der Waals surface area contributed by atoms with E-state index in [-0.39, 0.29) is 112 Å². The number of alkyl halides is 6. The number of hydrogen-bond acceptors (Lipinski definition) is 8. The van der Waals surface area contributed by atoms with Gasteiger partial charge in [0.2, 0.25) is 0 Å². The van der Waals surface area contributed by atoms with Gasteiger partial charge in [-0.2, -0.15) is 53.4 Å². The molecule has 64 heavy (non-hydrogen) atoms. The van der Waals surface area contributed by atoms with Crippen molar-refractivity contribution >= 4 is 89.3 Å². The monoisotopic (exact) mass is 1050 g/mol. The van der Waals surface area contributed by atoms with Crippen LogP contribution in [0, 0.1) is 0 Å². The third-order valence-corrected chi connectivity index (χ3v) is 17.3. The molecule has 2 unspecified atom stereocenters. The minimum atomic E-state index is -4.73. The summed E-state index contributed by atoms with van der Waals surface area (Å²) in [6, 6.07) is 11.2. The van der Waals surface area contributed by atoms with E-state index in [1.807, 2.05) is 0 Å². The molecule has 342 valence electrons. The van der Waals surface area contributed by atoms with Gasteiger partial charge in [0.25, 0.3) is 0 Å². The van der Waals surface area contributed by atoms with E-state index >= 15 is 0 Å². The summed E-state index contributed by atoms with van der Waals surface area (Å²) in [4.78, 5) is 0.658. The van der Waals surface area contributed by atoms with Crippen LogP contribution in [0.3, 0.4) is 0 Å². The van der Waals surface area contributed by atoms with Gasteiger partial charge in [0.15, 0.2) is 0 Å². The first-order chi connectivity index (χ1) is 29.9. The number of nitrogens with zero attached hydrogens (tertiary/aromatic N) is 4. The van der Waals surface area contributed by atoms with Crippen molar-refractivity contribution in [3.05, 3.63) is 102 Å². The highest BCUT2D eigenvalue weighted by Crippen LogP contribution is 2.52. The Labute approximate surface area is 390 Å². The van der Waals surface area contributed by atoms with Crippen LogP contribution in [-0.2, 0) is 33.1 Å². The SMILES string of the molecule is O=S(=O)(O)c1cc2c(s1)-c1c(c(C(CCCCCCCCC(c3nn(-c4ccc(Cl)cc4Cl)c4c3Cc3cc(S(=O)(=O)O)sc3-4)C(F)(F)F)C(F)(F)F)nn1-c1ccc(Cl)cc1Cl)C2. The highest BCUT2D eigenvalue weighted by atomic mass is 35.5. The number of aromatic nitrogens is 4. The molecule has 4 heterocycles. The summed E-state index contributed by atoms with van der Waals surface area (Å²) in [6.07, 6.45) is -8.45. The molecule has 0 aliphatic heterocycles. The van der Waals surface area contributed by atoms with Crippen LogP contribution in [0.1, 0.15) is 96.8 Å². The van der Waals surface area contributed by atoms with Gasteiger partial charge in [-0.05, 0) is 72.5 Å². The number of unbranched alkanes of at least 4 members (excludes halogenated alkanes) is 5. The molecule has 0 radical (unpaired) electrons. The summed E-state index contributed by atoms with van der Waals surface area (Å²) >= 11 is 26.5. The number of rotatable bonds is 15. The predicted molar refractivity (Wildman–Crippen MR) is 234 cm³/mol. The van der Waals surface area contributed by atoms with Crippen LogP contribution < -0.4 is 0 Å². The van der Waals surface area contributed by atoms with Gasteiger partial charge in [0, 0.05) is 34.0 Å². The third kappa shape index (κ3) is 9.25. The molecule has 2 N–H and O–H groups in total. The lowest BCUT2D eigenvalue weighted by atomic mass is 9.92. The van der Waals surface area contributed by atoms with Gasteiger partial charge >= 0.3 is 32.6 Å². The Morgan fingerprint density at radius 1 is 0.594 bits per heavy atom. The van der Waals surface area contributed by atoms with Crippen molar-refractivity contribution < 1.29 is 52.3 Å². The summed E-state index contributed by atoms with van der Waals surface area (Å²) in [5, 5.41) is 9.55. The van der Waals surface area contributed by atoms with Gasteiger partial charge in [-0.15, -0.1) is 22.7 Å². The maximum Gasteiger partial charge on any atom is 0.397 e. The first-order valence-corrected chi connectivity index (χ1v) is 25.4. The van der Waals surface area contributed by atoms with Gasteiger partial charge in [0.05, 0.1) is 65.8 Å². The number of halogens is 10. The molecule has 4 aromatic heterocycles. The zero-order chi connectivity index (χ0) is 46.3. The molecular formula is C40H32Cl4F6N4O6S4. The molecule has 0 saturated heterocycles. The fourth-order valence-corrected chi connectivity index (χ4v) is 13.2. The normalized spacial score (nSPS) is 14.8. The molecule has 6 aromatic rings. The second-order valence-electron chi connectivity index (χ2n) is 15.5. The highest BCUT2D eigenvalue weighted by Gasteiger charge is 2.47. The van der Waals surface area contributed by atoms with E-state index in [1.54, 1.807) is 0 Å². The smallest absolute Gasteiger partial charge is 0.281 e. The summed E-state index contributed by atoms with van der Waals surface area (Å²) in [5.74, 6) is -4.02. The van der Waals surface area contributed by atoms with Crippen molar-refractivity contribution in [1.29, 1.82) is 0 Å². The fraction of sp³-hybridized carbons (Fsp3) is 0.350. The lowest BCUT2D eigenvalue weighted by Gasteiger charge is -2.20. The number of thiophene rings is 2. The summed E-state index contributed by atoms with van der Waals surface area (Å²) in [6.45, 7) is 0. The van der Waals surface area contributed by atoms with Crippen molar-refractivity contribution in [2.24, 2.45) is 0 Å². The number of benzene rings is 2. The molecule has 24 heteroatoms. The second kappa shape index (κ2) is 17.5. The molecule has 0 fully saturated rings. The largest absolute Gasteiger partial charge is 0.397 e. The van der Waals surface area contributed by atoms with Crippen LogP contribution in [-0.4, -0.2) is 57.9 Å². The molecule has 0 bridgehead atoms. The molecular weight excluding hydrogens is 1020 g/mol. The van der Waals surface area contributed by atoms with Crippen LogP contribution >= 0.6 is 69.1 Å². The van der Waals surface area contributed by atoms with Crippen molar-refractivity contribution in [3.8, 4) is 32.5 Å². The Balaban J connectivity index is 0.958. The number of fused-ring (bicyclic) bond motifs is 6. The first kappa shape index (κ1) is 47.3. The van der Waals surface area contributed by atoms with E-state index in [9.17, 15) is 52.3 Å². The lowest BCUT2D eigenvalue weighted by molar-refractivity contribution is -0.154. The van der Waals surface area contributed by atoms with Crippen LogP contribution in [0.5, 0.6) is 0 Å². The van der Waals surface area contributed by atoms with Gasteiger partial charge in [-0.1, -0.05) is 84.9 Å². The highest BCUT2D eigenvalue weighted by molar-refractivity contribution is 7.88. The maximum atomic E-state index is 14.9. The Morgan fingerprint density at radius 3 is 1.28 bits per heavy atom. The molecule has 0 spiro atoms. The Bertz CT molecular complexity index is 2830. The Hall–Kier alpha value is -3.18. The van der Waals surface area contributed by atoms with E-state index in [2.05, 4.69) is 10.2 Å². The van der Waals surface area contributed by atoms with Gasteiger partial charge in [-0.3, -0.25) is 9.11 Å². The zero-order valence-corrected chi connectivity index (χ0v) is 38.9. The van der Waals surface area contributed by atoms with Gasteiger partial charge < -0.3 is 0 Å². The molecule has 0 amide bonds. The molecule has 2 aliphatic carbocycles. The van der Waals surface area contributed by atoms with Crippen molar-refractivity contribution in [2.75, 3.05) is 0 Å². The molecule has 0 saturated carbocycles. The molecule has 2 aliphatic rings. The average molecular weight is 1050 g/mol. The third-order valence-electron chi connectivity index (χ3n) is 11.2. The number of hydrogen-bond donors (Lipinski definition) is 2. The standard InChI is InChI=1S/C40H32Cl4F6N4O6S4/c41-21-9-11-29(27(43)17-21)53-35-23(13-19-15-31(61-37(19)35)63(55,56)57)33(51-53)25(39(45,46)47)7-5-3-1-2-4-6-8-26(40(48,49)50)34-24-14-20-16-32(64(58,59)60)62-38(20)36(24)54(52-34)30-12-10-22(42)18-28(30)44/h9-12,15-18,25-26H,1-8,13-14H2,(H,55,56,57)(H,58,59,60). The lowest BCUT2D eigenvalue weighted by Crippen LogP contribution is -2.23. The Kier molecular flexibility index (Phi) is 12.9. The van der Waals surface area contributed by atoms with Crippen LogP contribution in [0.2, 0.25) is 20.1 Å². The van der Waals surface area contributed by atoms with Gasteiger partial charge in [-0.25, -0.2) is 9.36 Å². The predicted octanol–water partition coefficient (Wildman–Crippen LogP) is 13.5. The minimum absolute atomic E-state index is 0.0650. The van der Waals surface area contributed by atoms with E-state index in [1.165, 1.54) is 57.9 Å². The maximum absolute atomic E-state index is 14.9. The second-order valence-corrected chi connectivity index (χ2v) is 22.6. The van der Waals surface area contributed by atoms with Crippen LogP contribution in [0.25, 0.3) is 32.5 Å². The average Bonchev–Trinajstić information content (AvgIpc) is 4.00. The summed E-state index contributed by atoms with van der Waals surface area (Å²) < 4.78 is 158. The molecule has 2 aromatic carbocycles. The zero-order valence-electron chi connectivity index (χ0n) is 32.6. The van der Waals surface area contributed by atoms with Crippen LogP contribution in [0.15, 0.2) is 56.9 Å². The summed E-state index contributed by atoms with van der Waals surface area (Å²) in [5.41, 5.74) is 1.72. The molecule has 2 atom stereocenters. The van der Waals surface area contributed by atoms with E-state index < -0.39 is 44.4 Å². The van der Waals surface area contributed by atoms with Crippen molar-refractivity contribution in [1.82, 2.24) is 19.6 Å². The van der Waals surface area contributed by atoms with Crippen molar-refractivity contribution in [2.45, 2.75) is 96.8 Å². The van der Waals surface area contributed by atoms with Crippen LogP contribution in [0.4, 0.5) is 26.3 Å². The van der Waals surface area contributed by atoms with E-state index in [0.717, 1.165) is 0 Å². The quantitative estimate of drug-likeness (QED) is 0.0587. The van der Waals surface area contributed by atoms with Gasteiger partial charge in [0.1, 0.15) is 8.42 Å². The topological polar surface area (TPSA) is 144 Å². The minimum Gasteiger partial charge on any atom is -0.281 e. The molecule has 8 rings (SSSR count). The van der Waals surface area contributed by atoms with E-state index in [0.29, 0.717) is 69.2 Å². The fourth-order valence-electron chi connectivity index (χ4n) is 8.38. The summed E-state index contributed by atoms with van der Waals surface area (Å²) in [7, 11) is -9.20. The van der Waals surface area contributed by atoms with Crippen molar-refractivity contribution in [3.63, 3.8) is 0 Å². The molecule has 10 nitrogen and oxygen atoms in total.